The van der Waals surface area contributed by atoms with Crippen molar-refractivity contribution in [1.82, 2.24) is 0 Å². The van der Waals surface area contributed by atoms with E-state index in [-0.39, 0.29) is 5.41 Å². The van der Waals surface area contributed by atoms with Crippen molar-refractivity contribution in [1.29, 1.82) is 0 Å². The lowest BCUT2D eigenvalue weighted by atomic mass is 9.70. The monoisotopic (exact) mass is 665 g/mol. The molecule has 0 N–H and O–H groups in total. The van der Waals surface area contributed by atoms with Crippen molar-refractivity contribution < 1.29 is 0 Å². The Kier molecular flexibility index (Phi) is 6.11. The van der Waals surface area contributed by atoms with Crippen LogP contribution in [-0.2, 0) is 5.41 Å². The first-order valence-electron chi connectivity index (χ1n) is 17.6. The van der Waals surface area contributed by atoms with Gasteiger partial charge in [0.05, 0.1) is 15.8 Å². The number of hydrogen-bond acceptors (Lipinski definition) is 2. The zero-order valence-corrected chi connectivity index (χ0v) is 28.6. The molecule has 1 nitrogen and oxygen atoms in total. The summed E-state index contributed by atoms with van der Waals surface area (Å²) in [5.41, 5.74) is 16.3. The zero-order chi connectivity index (χ0) is 33.5. The summed E-state index contributed by atoms with van der Waals surface area (Å²) in [5.74, 6) is 0. The SMILES string of the molecule is c1ccc(-c2ccc(N(c3ccc4c(c3)-c3ccccc3C43c4ccccc4-c4ccccc43)c3cccc4c3sc3ccccc34)cc2)cc1. The summed E-state index contributed by atoms with van der Waals surface area (Å²) in [5, 5.41) is 2.60. The molecule has 2 aliphatic rings. The zero-order valence-electron chi connectivity index (χ0n) is 27.8. The third-order valence-corrected chi connectivity index (χ3v) is 12.3. The van der Waals surface area contributed by atoms with E-state index in [1.165, 1.54) is 81.5 Å². The third-order valence-electron chi connectivity index (χ3n) is 11.1. The topological polar surface area (TPSA) is 3.24 Å². The maximum Gasteiger partial charge on any atom is 0.0725 e. The minimum absolute atomic E-state index is 0.356. The molecule has 2 heteroatoms. The Balaban J connectivity index is 1.16. The Labute approximate surface area is 301 Å². The number of fused-ring (bicyclic) bond motifs is 13. The lowest BCUT2D eigenvalue weighted by molar-refractivity contribution is 0.794. The Hall–Kier alpha value is -6.22. The molecule has 0 bridgehead atoms. The van der Waals surface area contributed by atoms with Crippen LogP contribution in [0.1, 0.15) is 22.3 Å². The van der Waals surface area contributed by atoms with Crippen LogP contribution in [0.5, 0.6) is 0 Å². The highest BCUT2D eigenvalue weighted by molar-refractivity contribution is 7.26. The van der Waals surface area contributed by atoms with Gasteiger partial charge in [-0.25, -0.2) is 0 Å². The van der Waals surface area contributed by atoms with Gasteiger partial charge in [-0.1, -0.05) is 152 Å². The van der Waals surface area contributed by atoms with E-state index in [1.807, 2.05) is 11.3 Å². The fraction of sp³-hybridized carbons (Fsp3) is 0.0204. The van der Waals surface area contributed by atoms with Crippen molar-refractivity contribution in [3.63, 3.8) is 0 Å². The molecule has 0 saturated heterocycles. The molecule has 0 fully saturated rings. The van der Waals surface area contributed by atoms with Gasteiger partial charge < -0.3 is 4.90 Å². The Morgan fingerprint density at radius 2 is 0.902 bits per heavy atom. The number of thiophene rings is 1. The lowest BCUT2D eigenvalue weighted by Crippen LogP contribution is -2.25. The predicted molar refractivity (Wildman–Crippen MR) is 216 cm³/mol. The molecule has 0 radical (unpaired) electrons. The molecule has 1 heterocycles. The highest BCUT2D eigenvalue weighted by Crippen LogP contribution is 2.63. The number of nitrogens with zero attached hydrogens (tertiary/aromatic N) is 1. The molecule has 0 unspecified atom stereocenters. The molecule has 238 valence electrons. The van der Waals surface area contributed by atoms with Gasteiger partial charge in [0.25, 0.3) is 0 Å². The van der Waals surface area contributed by atoms with Gasteiger partial charge in [0.2, 0.25) is 0 Å². The molecule has 1 aromatic heterocycles. The summed E-state index contributed by atoms with van der Waals surface area (Å²) in [7, 11) is 0. The van der Waals surface area contributed by atoms with Gasteiger partial charge >= 0.3 is 0 Å². The van der Waals surface area contributed by atoms with Crippen LogP contribution < -0.4 is 4.90 Å². The highest BCUT2D eigenvalue weighted by Gasteiger charge is 2.51. The smallest absolute Gasteiger partial charge is 0.0725 e. The van der Waals surface area contributed by atoms with E-state index in [4.69, 9.17) is 0 Å². The summed E-state index contributed by atoms with van der Waals surface area (Å²) in [4.78, 5) is 2.47. The number of rotatable bonds is 4. The summed E-state index contributed by atoms with van der Waals surface area (Å²) in [6.07, 6.45) is 0. The van der Waals surface area contributed by atoms with E-state index in [9.17, 15) is 0 Å². The standard InChI is InChI=1S/C49H31NS/c1-2-13-32(14-3-1)33-25-27-34(28-26-33)50(46-23-12-19-40-39-18-7-11-24-47(39)51-48(40)46)35-29-30-45-41(31-35)38-17-6-10-22-44(38)49(45)42-20-8-4-15-36(42)37-16-5-9-21-43(37)49/h1-31H. The molecule has 9 aromatic rings. The Morgan fingerprint density at radius 1 is 0.373 bits per heavy atom. The summed E-state index contributed by atoms with van der Waals surface area (Å²) < 4.78 is 2.60. The van der Waals surface area contributed by atoms with Gasteiger partial charge in [-0.15, -0.1) is 11.3 Å². The van der Waals surface area contributed by atoms with Gasteiger partial charge in [0.15, 0.2) is 0 Å². The second kappa shape index (κ2) is 10.9. The van der Waals surface area contributed by atoms with Crippen LogP contribution in [0.3, 0.4) is 0 Å². The van der Waals surface area contributed by atoms with Crippen LogP contribution in [-0.4, -0.2) is 0 Å². The summed E-state index contributed by atoms with van der Waals surface area (Å²) in [6.45, 7) is 0. The molecule has 1 spiro atoms. The molecule has 0 amide bonds. The van der Waals surface area contributed by atoms with Gasteiger partial charge in [-0.2, -0.15) is 0 Å². The molecular formula is C49H31NS. The third kappa shape index (κ3) is 3.97. The van der Waals surface area contributed by atoms with E-state index in [0.717, 1.165) is 11.4 Å². The molecule has 11 rings (SSSR count). The van der Waals surface area contributed by atoms with Crippen molar-refractivity contribution >= 4 is 48.6 Å². The molecule has 0 aliphatic heterocycles. The summed E-state index contributed by atoms with van der Waals surface area (Å²) >= 11 is 1.88. The predicted octanol–water partition coefficient (Wildman–Crippen LogP) is 13.5. The molecule has 0 atom stereocenters. The molecule has 51 heavy (non-hydrogen) atoms. The van der Waals surface area contributed by atoms with Crippen LogP contribution in [0.4, 0.5) is 17.1 Å². The first-order chi connectivity index (χ1) is 25.3. The van der Waals surface area contributed by atoms with Gasteiger partial charge in [0.1, 0.15) is 0 Å². The van der Waals surface area contributed by atoms with E-state index in [2.05, 4.69) is 193 Å². The van der Waals surface area contributed by atoms with E-state index in [0.29, 0.717) is 0 Å². The molecule has 0 saturated carbocycles. The van der Waals surface area contributed by atoms with Gasteiger partial charge in [0, 0.05) is 26.8 Å². The number of anilines is 3. The van der Waals surface area contributed by atoms with Gasteiger partial charge in [-0.3, -0.25) is 0 Å². The molecule has 2 aliphatic carbocycles. The van der Waals surface area contributed by atoms with E-state index >= 15 is 0 Å². The van der Waals surface area contributed by atoms with Crippen molar-refractivity contribution in [3.8, 4) is 33.4 Å². The first-order valence-corrected chi connectivity index (χ1v) is 18.4. The maximum absolute atomic E-state index is 2.47. The molecular weight excluding hydrogens is 635 g/mol. The van der Waals surface area contributed by atoms with E-state index < -0.39 is 0 Å². The quantitative estimate of drug-likeness (QED) is 0.181. The van der Waals surface area contributed by atoms with Crippen LogP contribution in [0.2, 0.25) is 0 Å². The Morgan fingerprint density at radius 3 is 1.61 bits per heavy atom. The van der Waals surface area contributed by atoms with Crippen molar-refractivity contribution in [2.75, 3.05) is 4.90 Å². The fourth-order valence-electron chi connectivity index (χ4n) is 9.00. The van der Waals surface area contributed by atoms with Crippen LogP contribution >= 0.6 is 11.3 Å². The van der Waals surface area contributed by atoms with Crippen molar-refractivity contribution in [3.05, 3.63) is 210 Å². The first kappa shape index (κ1) is 28.6. The largest absolute Gasteiger partial charge is 0.309 e. The fourth-order valence-corrected chi connectivity index (χ4v) is 10.2. The maximum atomic E-state index is 2.47. The highest BCUT2D eigenvalue weighted by atomic mass is 32.1. The second-order valence-electron chi connectivity index (χ2n) is 13.6. The van der Waals surface area contributed by atoms with Gasteiger partial charge in [-0.05, 0) is 92.0 Å². The second-order valence-corrected chi connectivity index (χ2v) is 14.7. The number of benzene rings is 8. The van der Waals surface area contributed by atoms with Crippen LogP contribution in [0.15, 0.2) is 188 Å². The lowest BCUT2D eigenvalue weighted by Gasteiger charge is -2.31. The average Bonchev–Trinajstić information content (AvgIpc) is 3.83. The minimum Gasteiger partial charge on any atom is -0.309 e. The summed E-state index contributed by atoms with van der Waals surface area (Å²) in [6, 6.07) is 69.6. The minimum atomic E-state index is -0.356. The van der Waals surface area contributed by atoms with Crippen molar-refractivity contribution in [2.45, 2.75) is 5.41 Å². The normalized spacial score (nSPS) is 13.3. The molecule has 8 aromatic carbocycles. The average molecular weight is 666 g/mol. The Bertz CT molecular complexity index is 2760. The van der Waals surface area contributed by atoms with Crippen molar-refractivity contribution in [2.24, 2.45) is 0 Å². The van der Waals surface area contributed by atoms with Crippen LogP contribution in [0.25, 0.3) is 53.6 Å². The van der Waals surface area contributed by atoms with E-state index in [1.54, 1.807) is 0 Å². The number of hydrogen-bond donors (Lipinski definition) is 0. The van der Waals surface area contributed by atoms with Crippen LogP contribution in [0, 0.1) is 0 Å².